The van der Waals surface area contributed by atoms with Crippen molar-refractivity contribution in [3.05, 3.63) is 0 Å². The van der Waals surface area contributed by atoms with E-state index in [1.54, 1.807) is 0 Å². The maximum Gasteiger partial charge on any atom is 0.311 e. The summed E-state index contributed by atoms with van der Waals surface area (Å²) in [5.74, 6) is 0. The van der Waals surface area contributed by atoms with E-state index >= 15 is 0 Å². The predicted octanol–water partition coefficient (Wildman–Crippen LogP) is -0.461. The smallest absolute Gasteiger partial charge is 0.311 e. The average molecular weight is 127 g/mol. The molecule has 2 heterocycles. The van der Waals surface area contributed by atoms with Crippen LogP contribution in [0.15, 0.2) is 5.10 Å². The van der Waals surface area contributed by atoms with Crippen LogP contribution in [0.2, 0.25) is 0 Å². The Morgan fingerprint density at radius 3 is 3.56 bits per heavy atom. The fourth-order valence-corrected chi connectivity index (χ4v) is 1.06. The molecule has 0 aromatic heterocycles. The molecule has 2 rings (SSSR count). The molecule has 4 heteroatoms. The highest BCUT2D eigenvalue weighted by Crippen LogP contribution is 2.12. The first-order valence-corrected chi connectivity index (χ1v) is 3.08. The summed E-state index contributed by atoms with van der Waals surface area (Å²) in [6.45, 7) is 3.70. The lowest BCUT2D eigenvalue weighted by Crippen LogP contribution is -2.31. The molecule has 4 nitrogen and oxygen atoms in total. The first kappa shape index (κ1) is 4.90. The molecule has 1 fully saturated rings. The fourth-order valence-electron chi connectivity index (χ4n) is 1.06. The largest absolute Gasteiger partial charge is 0.462 e. The number of ether oxygens (including phenoxy) is 1. The van der Waals surface area contributed by atoms with Gasteiger partial charge in [0.25, 0.3) is 0 Å². The monoisotopic (exact) mass is 127 g/mol. The zero-order chi connectivity index (χ0) is 6.27. The van der Waals surface area contributed by atoms with Gasteiger partial charge in [-0.05, 0) is 6.92 Å². The van der Waals surface area contributed by atoms with Crippen LogP contribution in [0.3, 0.4) is 0 Å². The summed E-state index contributed by atoms with van der Waals surface area (Å²) in [6, 6.07) is 1.24. The molecule has 0 saturated carbocycles. The minimum Gasteiger partial charge on any atom is -0.462 e. The normalized spacial score (nSPS) is 31.0. The van der Waals surface area contributed by atoms with E-state index < -0.39 is 0 Å². The van der Waals surface area contributed by atoms with Crippen molar-refractivity contribution in [3.63, 3.8) is 0 Å². The van der Waals surface area contributed by atoms with Crippen molar-refractivity contribution in [1.29, 1.82) is 0 Å². The van der Waals surface area contributed by atoms with Crippen LogP contribution in [0.25, 0.3) is 0 Å². The highest BCUT2D eigenvalue weighted by Gasteiger charge is 2.30. The molecule has 2 aliphatic rings. The van der Waals surface area contributed by atoms with Crippen LogP contribution < -0.4 is 5.43 Å². The van der Waals surface area contributed by atoms with E-state index in [0.717, 1.165) is 19.3 Å². The van der Waals surface area contributed by atoms with Gasteiger partial charge < -0.3 is 9.64 Å². The van der Waals surface area contributed by atoms with Crippen molar-refractivity contribution >= 4 is 6.02 Å². The van der Waals surface area contributed by atoms with Gasteiger partial charge in [0.15, 0.2) is 0 Å². The molecule has 0 unspecified atom stereocenters. The maximum atomic E-state index is 5.20. The van der Waals surface area contributed by atoms with E-state index in [9.17, 15) is 0 Å². The van der Waals surface area contributed by atoms with Gasteiger partial charge >= 0.3 is 6.02 Å². The Morgan fingerprint density at radius 1 is 1.89 bits per heavy atom. The minimum atomic E-state index is 0.485. The number of fused-ring (bicyclic) bond motifs is 1. The number of nitrogens with one attached hydrogen (secondary N) is 1. The molecule has 0 spiro atoms. The Labute approximate surface area is 53.5 Å². The molecule has 1 saturated heterocycles. The molecule has 1 N–H and O–H groups in total. The number of hydrogen-bond acceptors (Lipinski definition) is 4. The van der Waals surface area contributed by atoms with Crippen LogP contribution in [0.5, 0.6) is 0 Å². The number of nitrogens with zero attached hydrogens (tertiary/aromatic N) is 2. The molecular formula is C5H9N3O. The molecule has 0 aromatic rings. The minimum absolute atomic E-state index is 0.485. The van der Waals surface area contributed by atoms with Crippen molar-refractivity contribution in [3.8, 4) is 0 Å². The van der Waals surface area contributed by atoms with Crippen molar-refractivity contribution < 1.29 is 4.74 Å². The lowest BCUT2D eigenvalue weighted by Gasteiger charge is -2.11. The number of hydrazone groups is 1. The molecule has 2 aliphatic heterocycles. The third-order valence-corrected chi connectivity index (χ3v) is 1.65. The second-order valence-electron chi connectivity index (χ2n) is 2.34. The summed E-state index contributed by atoms with van der Waals surface area (Å²) >= 11 is 0. The van der Waals surface area contributed by atoms with Gasteiger partial charge in [-0.3, -0.25) is 5.43 Å². The van der Waals surface area contributed by atoms with Gasteiger partial charge in [-0.15, -0.1) is 5.10 Å². The van der Waals surface area contributed by atoms with Crippen LogP contribution in [-0.4, -0.2) is 30.2 Å². The van der Waals surface area contributed by atoms with Gasteiger partial charge in [0.2, 0.25) is 0 Å². The highest BCUT2D eigenvalue weighted by atomic mass is 16.5. The summed E-state index contributed by atoms with van der Waals surface area (Å²) in [5, 5.41) is 3.92. The Balaban J connectivity index is 2.20. The molecule has 0 aromatic carbocycles. The van der Waals surface area contributed by atoms with Gasteiger partial charge in [0, 0.05) is 0 Å². The van der Waals surface area contributed by atoms with Crippen molar-refractivity contribution in [2.75, 3.05) is 13.3 Å². The first-order chi connectivity index (χ1) is 4.38. The van der Waals surface area contributed by atoms with E-state index in [0.29, 0.717) is 6.04 Å². The van der Waals surface area contributed by atoms with E-state index in [1.807, 2.05) is 0 Å². The summed E-state index contributed by atoms with van der Waals surface area (Å²) in [7, 11) is 0. The van der Waals surface area contributed by atoms with Crippen LogP contribution in [0.4, 0.5) is 0 Å². The average Bonchev–Trinajstić information content (AvgIpc) is 2.35. The molecule has 50 valence electrons. The van der Waals surface area contributed by atoms with Crippen LogP contribution in [0.1, 0.15) is 6.92 Å². The molecule has 1 atom stereocenters. The zero-order valence-electron chi connectivity index (χ0n) is 5.29. The van der Waals surface area contributed by atoms with Crippen LogP contribution in [-0.2, 0) is 4.74 Å². The Bertz CT molecular complexity index is 156. The molecule has 0 bridgehead atoms. The second-order valence-corrected chi connectivity index (χ2v) is 2.34. The molecule has 0 radical (unpaired) electrons. The van der Waals surface area contributed by atoms with Crippen molar-refractivity contribution in [2.24, 2.45) is 5.10 Å². The molecule has 0 aliphatic carbocycles. The third kappa shape index (κ3) is 0.557. The van der Waals surface area contributed by atoms with Gasteiger partial charge in [0.1, 0.15) is 13.3 Å². The van der Waals surface area contributed by atoms with Crippen molar-refractivity contribution in [1.82, 2.24) is 10.3 Å². The van der Waals surface area contributed by atoms with Gasteiger partial charge in [-0.2, -0.15) is 0 Å². The van der Waals surface area contributed by atoms with Gasteiger partial charge in [-0.1, -0.05) is 0 Å². The summed E-state index contributed by atoms with van der Waals surface area (Å²) < 4.78 is 5.20. The zero-order valence-corrected chi connectivity index (χ0v) is 5.29. The van der Waals surface area contributed by atoms with E-state index in [1.165, 1.54) is 0 Å². The highest BCUT2D eigenvalue weighted by molar-refractivity contribution is 5.76. The second kappa shape index (κ2) is 1.52. The standard InChI is InChI=1S/C5H9N3O/c1-4-2-9-5-7-6-3-8(4)5/h4,6H,2-3H2,1H3/t4-/m0/s1. The first-order valence-electron chi connectivity index (χ1n) is 3.08. The predicted molar refractivity (Wildman–Crippen MR) is 32.7 cm³/mol. The third-order valence-electron chi connectivity index (χ3n) is 1.65. The van der Waals surface area contributed by atoms with E-state index in [4.69, 9.17) is 4.74 Å². The number of amidine groups is 1. The topological polar surface area (TPSA) is 36.9 Å². The molecular weight excluding hydrogens is 118 g/mol. The van der Waals surface area contributed by atoms with Crippen molar-refractivity contribution in [2.45, 2.75) is 13.0 Å². The maximum absolute atomic E-state index is 5.20. The summed E-state index contributed by atoms with van der Waals surface area (Å²) in [5.41, 5.74) is 2.84. The fraction of sp³-hybridized carbons (Fsp3) is 0.800. The van der Waals surface area contributed by atoms with Crippen LogP contribution >= 0.6 is 0 Å². The molecule has 0 amide bonds. The quantitative estimate of drug-likeness (QED) is 0.478. The molecule has 9 heavy (non-hydrogen) atoms. The van der Waals surface area contributed by atoms with E-state index in [2.05, 4.69) is 22.4 Å². The number of rotatable bonds is 0. The summed E-state index contributed by atoms with van der Waals surface area (Å²) in [4.78, 5) is 2.10. The number of hydrogen-bond donors (Lipinski definition) is 1. The van der Waals surface area contributed by atoms with E-state index in [-0.39, 0.29) is 0 Å². The summed E-state index contributed by atoms with van der Waals surface area (Å²) in [6.07, 6.45) is 0. The van der Waals surface area contributed by atoms with Crippen LogP contribution in [0, 0.1) is 0 Å². The van der Waals surface area contributed by atoms with Gasteiger partial charge in [-0.25, -0.2) is 0 Å². The Kier molecular flexibility index (Phi) is 0.831. The SMILES string of the molecule is C[C@H]1COC2=NNCN21. The Hall–Kier alpha value is -0.930. The lowest BCUT2D eigenvalue weighted by molar-refractivity contribution is 0.309. The Morgan fingerprint density at radius 2 is 2.78 bits per heavy atom. The lowest BCUT2D eigenvalue weighted by atomic mass is 10.4. The van der Waals surface area contributed by atoms with Gasteiger partial charge in [0.05, 0.1) is 6.04 Å².